The monoisotopic (exact) mass is 360 g/mol. The Bertz CT molecular complexity index is 621. The van der Waals surface area contributed by atoms with E-state index in [-0.39, 0.29) is 12.2 Å². The van der Waals surface area contributed by atoms with E-state index < -0.39 is 0 Å². The van der Waals surface area contributed by atoms with Crippen LogP contribution in [0.4, 0.5) is 0 Å². The molecule has 0 aromatic heterocycles. The molecule has 1 aromatic rings. The normalized spacial score (nSPS) is 23.7. The maximum Gasteiger partial charge on any atom is 0.123 e. The lowest BCUT2D eigenvalue weighted by atomic mass is 9.90. The van der Waals surface area contributed by atoms with E-state index >= 15 is 0 Å². The molecule has 0 amide bonds. The summed E-state index contributed by atoms with van der Waals surface area (Å²) in [5.41, 5.74) is 9.18. The summed E-state index contributed by atoms with van der Waals surface area (Å²) in [6.45, 7) is 1.58. The molecule has 22 heavy (non-hydrogen) atoms. The van der Waals surface area contributed by atoms with Gasteiger partial charge < -0.3 is 5.73 Å². The lowest BCUT2D eigenvalue weighted by molar-refractivity contribution is 0.527. The van der Waals surface area contributed by atoms with E-state index in [1.807, 2.05) is 18.3 Å². The third-order valence-electron chi connectivity index (χ3n) is 3.99. The fourth-order valence-electron chi connectivity index (χ4n) is 2.89. The van der Waals surface area contributed by atoms with Gasteiger partial charge in [-0.3, -0.25) is 15.3 Å². The van der Waals surface area contributed by atoms with E-state index in [1.54, 1.807) is 0 Å². The highest BCUT2D eigenvalue weighted by molar-refractivity contribution is 9.10. The van der Waals surface area contributed by atoms with Crippen molar-refractivity contribution in [2.45, 2.75) is 31.5 Å². The number of hydrogen-bond donors (Lipinski definition) is 2. The highest BCUT2D eigenvalue weighted by Gasteiger charge is 2.29. The first-order chi connectivity index (χ1) is 10.8. The van der Waals surface area contributed by atoms with Crippen molar-refractivity contribution < 1.29 is 0 Å². The van der Waals surface area contributed by atoms with E-state index in [2.05, 4.69) is 44.4 Å². The summed E-state index contributed by atoms with van der Waals surface area (Å²) in [6.07, 6.45) is 7.03. The number of benzene rings is 1. The summed E-state index contributed by atoms with van der Waals surface area (Å²) < 4.78 is 1.08. The first-order valence-electron chi connectivity index (χ1n) is 7.75. The molecular weight excluding hydrogens is 340 g/mol. The van der Waals surface area contributed by atoms with Gasteiger partial charge in [0, 0.05) is 29.2 Å². The number of halogens is 1. The molecule has 2 aliphatic heterocycles. The van der Waals surface area contributed by atoms with Crippen molar-refractivity contribution in [2.75, 3.05) is 13.1 Å². The van der Waals surface area contributed by atoms with Crippen molar-refractivity contribution in [2.24, 2.45) is 15.7 Å². The molecule has 0 saturated heterocycles. The fourth-order valence-corrected chi connectivity index (χ4v) is 3.29. The fraction of sp³-hybridized carbons (Fsp3) is 0.412. The van der Waals surface area contributed by atoms with Gasteiger partial charge in [0.1, 0.15) is 6.17 Å². The Morgan fingerprint density at radius 1 is 1.36 bits per heavy atom. The zero-order valence-corrected chi connectivity index (χ0v) is 14.1. The second kappa shape index (κ2) is 7.31. The SMILES string of the molecule is NCCCNC1N=C(c2cccc(Br)c2)CC2N=CCC=C21. The predicted octanol–water partition coefficient (Wildman–Crippen LogP) is 2.68. The number of nitrogens with one attached hydrogen (secondary N) is 1. The van der Waals surface area contributed by atoms with Crippen LogP contribution in [0.15, 0.2) is 50.4 Å². The van der Waals surface area contributed by atoms with Gasteiger partial charge in [0.15, 0.2) is 0 Å². The van der Waals surface area contributed by atoms with Crippen LogP contribution in [0.1, 0.15) is 24.8 Å². The van der Waals surface area contributed by atoms with Crippen molar-refractivity contribution in [3.8, 4) is 0 Å². The van der Waals surface area contributed by atoms with Crippen LogP contribution >= 0.6 is 15.9 Å². The molecule has 0 bridgehead atoms. The Balaban J connectivity index is 1.87. The number of fused-ring (bicyclic) bond motifs is 1. The van der Waals surface area contributed by atoms with Crippen LogP contribution in [0.5, 0.6) is 0 Å². The molecule has 2 unspecified atom stereocenters. The van der Waals surface area contributed by atoms with Crippen LogP contribution in [0.3, 0.4) is 0 Å². The van der Waals surface area contributed by atoms with Gasteiger partial charge in [-0.2, -0.15) is 0 Å². The lowest BCUT2D eigenvalue weighted by Gasteiger charge is -2.31. The summed E-state index contributed by atoms with van der Waals surface area (Å²) in [5, 5.41) is 3.51. The quantitative estimate of drug-likeness (QED) is 0.626. The third-order valence-corrected chi connectivity index (χ3v) is 4.49. The first kappa shape index (κ1) is 15.6. The van der Waals surface area contributed by atoms with Gasteiger partial charge in [0.25, 0.3) is 0 Å². The third kappa shape index (κ3) is 3.54. The zero-order chi connectivity index (χ0) is 15.4. The van der Waals surface area contributed by atoms with Gasteiger partial charge >= 0.3 is 0 Å². The molecule has 0 aliphatic carbocycles. The van der Waals surface area contributed by atoms with Crippen molar-refractivity contribution >= 4 is 27.9 Å². The Hall–Kier alpha value is -1.30. The van der Waals surface area contributed by atoms with E-state index in [0.29, 0.717) is 6.54 Å². The van der Waals surface area contributed by atoms with Gasteiger partial charge in [-0.15, -0.1) is 0 Å². The average Bonchev–Trinajstić information content (AvgIpc) is 2.55. The molecule has 3 rings (SSSR count). The topological polar surface area (TPSA) is 62.8 Å². The second-order valence-electron chi connectivity index (χ2n) is 5.58. The highest BCUT2D eigenvalue weighted by atomic mass is 79.9. The van der Waals surface area contributed by atoms with Crippen molar-refractivity contribution in [1.82, 2.24) is 5.32 Å². The number of dihydropyridines is 1. The summed E-state index contributed by atoms with van der Waals surface area (Å²) in [4.78, 5) is 9.63. The van der Waals surface area contributed by atoms with E-state index in [1.165, 1.54) is 11.1 Å². The van der Waals surface area contributed by atoms with Gasteiger partial charge in [-0.1, -0.05) is 34.1 Å². The predicted molar refractivity (Wildman–Crippen MR) is 95.7 cm³/mol. The Labute approximate surface area is 139 Å². The van der Waals surface area contributed by atoms with Crippen LogP contribution in [-0.2, 0) is 0 Å². The molecule has 0 fully saturated rings. The summed E-state index contributed by atoms with van der Waals surface area (Å²) in [7, 11) is 0. The molecule has 0 spiro atoms. The molecule has 5 heteroatoms. The maximum absolute atomic E-state index is 5.59. The number of aliphatic imine (C=N–C) groups is 2. The first-order valence-corrected chi connectivity index (χ1v) is 8.55. The maximum atomic E-state index is 5.59. The molecule has 4 nitrogen and oxygen atoms in total. The van der Waals surface area contributed by atoms with Crippen LogP contribution in [0.25, 0.3) is 0 Å². The molecule has 2 aliphatic rings. The largest absolute Gasteiger partial charge is 0.330 e. The molecule has 0 radical (unpaired) electrons. The number of rotatable bonds is 5. The summed E-state index contributed by atoms with van der Waals surface area (Å²) in [5.74, 6) is 0. The van der Waals surface area contributed by atoms with Crippen molar-refractivity contribution in [3.63, 3.8) is 0 Å². The van der Waals surface area contributed by atoms with Crippen molar-refractivity contribution in [1.29, 1.82) is 0 Å². The number of hydrogen-bond acceptors (Lipinski definition) is 4. The minimum absolute atomic E-state index is 0.0248. The van der Waals surface area contributed by atoms with Crippen LogP contribution in [-0.4, -0.2) is 37.2 Å². The van der Waals surface area contributed by atoms with Gasteiger partial charge in [-0.25, -0.2) is 0 Å². The van der Waals surface area contributed by atoms with Crippen molar-refractivity contribution in [3.05, 3.63) is 46.0 Å². The zero-order valence-electron chi connectivity index (χ0n) is 12.5. The van der Waals surface area contributed by atoms with Gasteiger partial charge in [0.2, 0.25) is 0 Å². The molecule has 1 aromatic carbocycles. The number of nitrogens with two attached hydrogens (primary N) is 1. The Morgan fingerprint density at radius 3 is 3.09 bits per heavy atom. The number of allylic oxidation sites excluding steroid dienone is 1. The molecule has 3 N–H and O–H groups in total. The average molecular weight is 361 g/mol. The second-order valence-corrected chi connectivity index (χ2v) is 6.49. The summed E-state index contributed by atoms with van der Waals surface area (Å²) >= 11 is 3.54. The minimum Gasteiger partial charge on any atom is -0.330 e. The van der Waals surface area contributed by atoms with Crippen LogP contribution < -0.4 is 11.1 Å². The van der Waals surface area contributed by atoms with Gasteiger partial charge in [-0.05, 0) is 42.8 Å². The van der Waals surface area contributed by atoms with Crippen LogP contribution in [0.2, 0.25) is 0 Å². The minimum atomic E-state index is 0.0248. The van der Waals surface area contributed by atoms with E-state index in [9.17, 15) is 0 Å². The van der Waals surface area contributed by atoms with Crippen LogP contribution in [0, 0.1) is 0 Å². The smallest absolute Gasteiger partial charge is 0.123 e. The van der Waals surface area contributed by atoms with E-state index in [4.69, 9.17) is 10.7 Å². The lowest BCUT2D eigenvalue weighted by Crippen LogP contribution is -2.40. The van der Waals surface area contributed by atoms with E-state index in [0.717, 1.165) is 36.0 Å². The molecule has 2 heterocycles. The molecule has 2 atom stereocenters. The Morgan fingerprint density at radius 2 is 2.27 bits per heavy atom. The highest BCUT2D eigenvalue weighted by Crippen LogP contribution is 2.28. The summed E-state index contributed by atoms with van der Waals surface area (Å²) in [6, 6.07) is 8.54. The standard InChI is InChI=1S/C17H21BrN4/c18-13-5-1-4-12(10-13)15-11-16-14(6-2-8-20-16)17(22-15)21-9-3-7-19/h1,4-6,8,10,16-17,21H,2-3,7,9,11,19H2. The Kier molecular flexibility index (Phi) is 5.18. The molecular formula is C17H21BrN4. The molecule has 0 saturated carbocycles. The number of nitrogens with zero attached hydrogens (tertiary/aromatic N) is 2. The van der Waals surface area contributed by atoms with Gasteiger partial charge in [0.05, 0.1) is 6.04 Å². The molecule has 116 valence electrons.